The summed E-state index contributed by atoms with van der Waals surface area (Å²) in [5.41, 5.74) is 0.777. The number of hydrogen-bond donors (Lipinski definition) is 0. The molecule has 1 aromatic rings. The van der Waals surface area contributed by atoms with Crippen LogP contribution in [0.1, 0.15) is 11.6 Å². The first-order valence-corrected chi connectivity index (χ1v) is 5.88. The van der Waals surface area contributed by atoms with Gasteiger partial charge in [-0.2, -0.15) is 0 Å². The third kappa shape index (κ3) is 3.20. The fourth-order valence-corrected chi connectivity index (χ4v) is 2.03. The minimum atomic E-state index is -0.479. The van der Waals surface area contributed by atoms with E-state index in [1.807, 2.05) is 32.3 Å². The molecule has 1 atom stereocenters. The summed E-state index contributed by atoms with van der Waals surface area (Å²) in [5, 5.41) is 0. The van der Waals surface area contributed by atoms with Gasteiger partial charge < -0.3 is 9.47 Å². The molecule has 0 aliphatic heterocycles. The van der Waals surface area contributed by atoms with Crippen LogP contribution in [0.3, 0.4) is 0 Å². The molecule has 0 aliphatic carbocycles. The van der Waals surface area contributed by atoms with E-state index in [0.29, 0.717) is 5.75 Å². The number of hydrogen-bond acceptors (Lipinski definition) is 4. The van der Waals surface area contributed by atoms with Crippen LogP contribution in [0, 0.1) is 0 Å². The van der Waals surface area contributed by atoms with Crippen LogP contribution >= 0.6 is 15.9 Å². The SMILES string of the molecule is COC(=O)C(c1cc(Br)ccc1OC)N(C)C. The number of halogens is 1. The molecule has 1 unspecified atom stereocenters. The van der Waals surface area contributed by atoms with Crippen LogP contribution in [0.4, 0.5) is 0 Å². The van der Waals surface area contributed by atoms with Crippen LogP contribution in [-0.4, -0.2) is 39.2 Å². The summed E-state index contributed by atoms with van der Waals surface area (Å²) >= 11 is 3.39. The predicted molar refractivity (Wildman–Crippen MR) is 69.1 cm³/mol. The second kappa shape index (κ2) is 6.02. The van der Waals surface area contributed by atoms with Gasteiger partial charge in [0.25, 0.3) is 0 Å². The standard InChI is InChI=1S/C12H16BrNO3/c1-14(2)11(12(15)17-4)9-7-8(13)5-6-10(9)16-3/h5-7,11H,1-4H3. The molecule has 0 fully saturated rings. The zero-order chi connectivity index (χ0) is 13.0. The molecule has 1 rings (SSSR count). The second-order valence-electron chi connectivity index (χ2n) is 3.78. The van der Waals surface area contributed by atoms with Gasteiger partial charge in [0, 0.05) is 10.0 Å². The zero-order valence-corrected chi connectivity index (χ0v) is 11.9. The molecule has 94 valence electrons. The van der Waals surface area contributed by atoms with Gasteiger partial charge in [-0.05, 0) is 32.3 Å². The number of esters is 1. The largest absolute Gasteiger partial charge is 0.496 e. The fraction of sp³-hybridized carbons (Fsp3) is 0.417. The Morgan fingerprint density at radius 3 is 2.47 bits per heavy atom. The lowest BCUT2D eigenvalue weighted by Crippen LogP contribution is -2.29. The molecule has 0 aromatic heterocycles. The average molecular weight is 302 g/mol. The van der Waals surface area contributed by atoms with Gasteiger partial charge in [-0.25, -0.2) is 4.79 Å². The van der Waals surface area contributed by atoms with Crippen molar-refractivity contribution in [1.29, 1.82) is 0 Å². The van der Waals surface area contributed by atoms with Gasteiger partial charge in [0.15, 0.2) is 0 Å². The molecule has 5 heteroatoms. The summed E-state index contributed by atoms with van der Waals surface area (Å²) in [6.07, 6.45) is 0. The van der Waals surface area contributed by atoms with Crippen LogP contribution in [0.2, 0.25) is 0 Å². The van der Waals surface area contributed by atoms with E-state index in [2.05, 4.69) is 15.9 Å². The third-order valence-electron chi connectivity index (χ3n) is 2.43. The van der Waals surface area contributed by atoms with Crippen molar-refractivity contribution in [2.24, 2.45) is 0 Å². The van der Waals surface area contributed by atoms with Gasteiger partial charge >= 0.3 is 5.97 Å². The van der Waals surface area contributed by atoms with E-state index >= 15 is 0 Å². The Labute approximate surface area is 110 Å². The number of likely N-dealkylation sites (N-methyl/N-ethyl adjacent to an activating group) is 1. The van der Waals surface area contributed by atoms with E-state index in [0.717, 1.165) is 10.0 Å². The van der Waals surface area contributed by atoms with Gasteiger partial charge in [-0.1, -0.05) is 15.9 Å². The lowest BCUT2D eigenvalue weighted by atomic mass is 10.0. The number of nitrogens with zero attached hydrogens (tertiary/aromatic N) is 1. The number of rotatable bonds is 4. The van der Waals surface area contributed by atoms with Gasteiger partial charge in [0.1, 0.15) is 11.8 Å². The molecule has 0 spiro atoms. The predicted octanol–water partition coefficient (Wildman–Crippen LogP) is 2.23. The molecule has 1 aromatic carbocycles. The quantitative estimate of drug-likeness (QED) is 0.800. The Hall–Kier alpha value is -1.07. The first-order valence-electron chi connectivity index (χ1n) is 5.09. The lowest BCUT2D eigenvalue weighted by Gasteiger charge is -2.23. The summed E-state index contributed by atoms with van der Waals surface area (Å²) < 4.78 is 11.0. The molecule has 0 amide bonds. The van der Waals surface area contributed by atoms with Crippen molar-refractivity contribution in [2.75, 3.05) is 28.3 Å². The van der Waals surface area contributed by atoms with Crippen molar-refractivity contribution in [3.05, 3.63) is 28.2 Å². The first-order chi connectivity index (χ1) is 8.01. The number of carbonyl (C=O) groups is 1. The number of carbonyl (C=O) groups excluding carboxylic acids is 1. The minimum absolute atomic E-state index is 0.314. The Balaban J connectivity index is 3.26. The molecule has 0 heterocycles. The highest BCUT2D eigenvalue weighted by Crippen LogP contribution is 2.31. The maximum absolute atomic E-state index is 11.8. The monoisotopic (exact) mass is 301 g/mol. The highest BCUT2D eigenvalue weighted by molar-refractivity contribution is 9.10. The molecule has 0 saturated carbocycles. The van der Waals surface area contributed by atoms with Crippen LogP contribution in [-0.2, 0) is 9.53 Å². The Bertz CT molecular complexity index is 407. The molecule has 0 N–H and O–H groups in total. The molecule has 0 radical (unpaired) electrons. The Kier molecular flexibility index (Phi) is 4.96. The Morgan fingerprint density at radius 1 is 1.35 bits per heavy atom. The smallest absolute Gasteiger partial charge is 0.327 e. The molecular formula is C12H16BrNO3. The minimum Gasteiger partial charge on any atom is -0.496 e. The van der Waals surface area contributed by atoms with Crippen molar-refractivity contribution < 1.29 is 14.3 Å². The van der Waals surface area contributed by atoms with E-state index in [4.69, 9.17) is 9.47 Å². The average Bonchev–Trinajstić information content (AvgIpc) is 2.29. The molecule has 0 bridgehead atoms. The topological polar surface area (TPSA) is 38.8 Å². The molecule has 0 aliphatic rings. The van der Waals surface area contributed by atoms with Gasteiger partial charge in [-0.15, -0.1) is 0 Å². The van der Waals surface area contributed by atoms with E-state index in [1.165, 1.54) is 7.11 Å². The summed E-state index contributed by atoms with van der Waals surface area (Å²) in [6, 6.07) is 5.07. The molecule has 4 nitrogen and oxygen atoms in total. The maximum atomic E-state index is 11.8. The van der Waals surface area contributed by atoms with Crippen LogP contribution in [0.15, 0.2) is 22.7 Å². The van der Waals surface area contributed by atoms with Gasteiger partial charge in [-0.3, -0.25) is 4.90 Å². The zero-order valence-electron chi connectivity index (χ0n) is 10.4. The first kappa shape index (κ1) is 14.0. The van der Waals surface area contributed by atoms with Crippen molar-refractivity contribution in [3.8, 4) is 5.75 Å². The highest BCUT2D eigenvalue weighted by Gasteiger charge is 2.27. The Morgan fingerprint density at radius 2 is 2.00 bits per heavy atom. The van der Waals surface area contributed by atoms with E-state index < -0.39 is 6.04 Å². The highest BCUT2D eigenvalue weighted by atomic mass is 79.9. The van der Waals surface area contributed by atoms with Gasteiger partial charge in [0.2, 0.25) is 0 Å². The summed E-state index contributed by atoms with van der Waals surface area (Å²) in [5.74, 6) is 0.351. The van der Waals surface area contributed by atoms with E-state index in [-0.39, 0.29) is 5.97 Å². The second-order valence-corrected chi connectivity index (χ2v) is 4.69. The van der Waals surface area contributed by atoms with Crippen LogP contribution in [0.25, 0.3) is 0 Å². The summed E-state index contributed by atoms with van der Waals surface area (Å²) in [4.78, 5) is 13.6. The number of ether oxygens (including phenoxy) is 2. The van der Waals surface area contributed by atoms with Crippen molar-refractivity contribution in [2.45, 2.75) is 6.04 Å². The molecular weight excluding hydrogens is 286 g/mol. The fourth-order valence-electron chi connectivity index (χ4n) is 1.65. The normalized spacial score (nSPS) is 12.4. The van der Waals surface area contributed by atoms with Crippen molar-refractivity contribution >= 4 is 21.9 Å². The van der Waals surface area contributed by atoms with Crippen molar-refractivity contribution in [3.63, 3.8) is 0 Å². The lowest BCUT2D eigenvalue weighted by molar-refractivity contribution is -0.146. The van der Waals surface area contributed by atoms with Crippen LogP contribution in [0.5, 0.6) is 5.75 Å². The van der Waals surface area contributed by atoms with Crippen LogP contribution < -0.4 is 4.74 Å². The van der Waals surface area contributed by atoms with E-state index in [9.17, 15) is 4.79 Å². The number of benzene rings is 1. The molecule has 17 heavy (non-hydrogen) atoms. The van der Waals surface area contributed by atoms with Gasteiger partial charge in [0.05, 0.1) is 14.2 Å². The summed E-state index contributed by atoms with van der Waals surface area (Å²) in [6.45, 7) is 0. The number of methoxy groups -OCH3 is 2. The molecule has 0 saturated heterocycles. The third-order valence-corrected chi connectivity index (χ3v) is 2.92. The van der Waals surface area contributed by atoms with Crippen molar-refractivity contribution in [1.82, 2.24) is 4.90 Å². The maximum Gasteiger partial charge on any atom is 0.327 e. The summed E-state index contributed by atoms with van der Waals surface area (Å²) in [7, 11) is 6.60. The van der Waals surface area contributed by atoms with E-state index in [1.54, 1.807) is 12.0 Å².